The van der Waals surface area contributed by atoms with Crippen molar-refractivity contribution < 1.29 is 9.53 Å². The molecule has 5 heteroatoms. The van der Waals surface area contributed by atoms with Crippen LogP contribution < -0.4 is 0 Å². The lowest BCUT2D eigenvalue weighted by Gasteiger charge is -2.16. The minimum atomic E-state index is -0.404. The highest BCUT2D eigenvalue weighted by molar-refractivity contribution is 8.13. The largest absolute Gasteiger partial charge is 0.449 e. The Morgan fingerprint density at radius 1 is 1.39 bits per heavy atom. The van der Waals surface area contributed by atoms with Gasteiger partial charge in [-0.15, -0.1) is 0 Å². The molecule has 0 aromatic carbocycles. The Morgan fingerprint density at radius 2 is 1.94 bits per heavy atom. The maximum absolute atomic E-state index is 11.7. The third-order valence-electron chi connectivity index (χ3n) is 2.26. The number of thioether (sulfide) groups is 1. The van der Waals surface area contributed by atoms with Crippen molar-refractivity contribution in [3.8, 4) is 0 Å². The summed E-state index contributed by atoms with van der Waals surface area (Å²) >= 11 is 0.902. The fourth-order valence-corrected chi connectivity index (χ4v) is 2.09. The second kappa shape index (κ2) is 6.54. The summed E-state index contributed by atoms with van der Waals surface area (Å²) in [7, 11) is 0. The summed E-state index contributed by atoms with van der Waals surface area (Å²) < 4.78 is 5.27. The fraction of sp³-hybridized carbons (Fsp3) is 0.462. The number of nitrogens with zero attached hydrogens (tertiary/aromatic N) is 2. The van der Waals surface area contributed by atoms with E-state index < -0.39 is 5.30 Å². The van der Waals surface area contributed by atoms with E-state index in [-0.39, 0.29) is 12.0 Å². The molecule has 1 heterocycles. The maximum atomic E-state index is 11.7. The molecule has 1 rings (SSSR count). The Bertz CT molecular complexity index is 426. The standard InChI is InChI=1S/C13H18N2O2S/c1-6-11(8(2)3)17-13(16)18-12-14-9(4)7-10(5)15-12/h6-8,11H,1H2,2-5H3. The Morgan fingerprint density at radius 3 is 2.39 bits per heavy atom. The normalized spacial score (nSPS) is 12.3. The molecule has 18 heavy (non-hydrogen) atoms. The van der Waals surface area contributed by atoms with E-state index in [0.717, 1.165) is 23.1 Å². The van der Waals surface area contributed by atoms with Gasteiger partial charge in [-0.2, -0.15) is 0 Å². The van der Waals surface area contributed by atoms with Crippen molar-refractivity contribution in [2.24, 2.45) is 5.92 Å². The van der Waals surface area contributed by atoms with Gasteiger partial charge in [0.15, 0.2) is 5.16 Å². The van der Waals surface area contributed by atoms with Crippen molar-refractivity contribution in [2.75, 3.05) is 0 Å². The molecule has 0 saturated carbocycles. The molecule has 0 aliphatic carbocycles. The highest BCUT2D eigenvalue weighted by Crippen LogP contribution is 2.19. The van der Waals surface area contributed by atoms with Crippen LogP contribution >= 0.6 is 11.8 Å². The predicted octanol–water partition coefficient (Wildman–Crippen LogP) is 3.53. The summed E-state index contributed by atoms with van der Waals surface area (Å²) in [4.78, 5) is 20.1. The zero-order valence-corrected chi connectivity index (χ0v) is 12.0. The lowest BCUT2D eigenvalue weighted by atomic mass is 10.1. The molecule has 0 spiro atoms. The first-order chi connectivity index (χ1) is 8.42. The minimum absolute atomic E-state index is 0.201. The summed E-state index contributed by atoms with van der Waals surface area (Å²) in [5.74, 6) is 0.201. The van der Waals surface area contributed by atoms with Crippen molar-refractivity contribution in [1.82, 2.24) is 9.97 Å². The lowest BCUT2D eigenvalue weighted by Crippen LogP contribution is -2.19. The second-order valence-corrected chi connectivity index (χ2v) is 5.25. The van der Waals surface area contributed by atoms with Crippen molar-refractivity contribution in [2.45, 2.75) is 39.0 Å². The Balaban J connectivity index is 2.67. The smallest absolute Gasteiger partial charge is 0.375 e. The van der Waals surface area contributed by atoms with Gasteiger partial charge in [-0.25, -0.2) is 14.8 Å². The number of hydrogen-bond acceptors (Lipinski definition) is 5. The summed E-state index contributed by atoms with van der Waals surface area (Å²) in [6.45, 7) is 11.3. The van der Waals surface area contributed by atoms with Gasteiger partial charge in [0.05, 0.1) is 0 Å². The summed E-state index contributed by atoms with van der Waals surface area (Å²) in [6.07, 6.45) is 1.35. The van der Waals surface area contributed by atoms with Crippen LogP contribution in [0.25, 0.3) is 0 Å². The highest BCUT2D eigenvalue weighted by atomic mass is 32.2. The molecule has 0 N–H and O–H groups in total. The van der Waals surface area contributed by atoms with Crippen LogP contribution in [0.15, 0.2) is 23.9 Å². The van der Waals surface area contributed by atoms with Gasteiger partial charge < -0.3 is 4.74 Å². The van der Waals surface area contributed by atoms with E-state index in [4.69, 9.17) is 4.74 Å². The van der Waals surface area contributed by atoms with E-state index in [9.17, 15) is 4.79 Å². The molecule has 1 aromatic heterocycles. The van der Waals surface area contributed by atoms with Crippen LogP contribution in [-0.2, 0) is 4.74 Å². The molecule has 1 unspecified atom stereocenters. The quantitative estimate of drug-likeness (QED) is 0.361. The molecular formula is C13H18N2O2S. The van der Waals surface area contributed by atoms with Crippen molar-refractivity contribution in [3.05, 3.63) is 30.1 Å². The average molecular weight is 266 g/mol. The molecule has 98 valence electrons. The third-order valence-corrected chi connectivity index (χ3v) is 2.89. The van der Waals surface area contributed by atoms with E-state index in [1.54, 1.807) is 6.08 Å². The SMILES string of the molecule is C=CC(OC(=O)Sc1nc(C)cc(C)n1)C(C)C. The summed E-state index contributed by atoms with van der Waals surface area (Å²) in [5, 5.41) is 0.0164. The van der Waals surface area contributed by atoms with Crippen LogP contribution in [0.3, 0.4) is 0 Å². The lowest BCUT2D eigenvalue weighted by molar-refractivity contribution is 0.122. The maximum Gasteiger partial charge on any atom is 0.375 e. The molecule has 1 atom stereocenters. The zero-order valence-electron chi connectivity index (χ0n) is 11.1. The van der Waals surface area contributed by atoms with Gasteiger partial charge in [0.2, 0.25) is 0 Å². The number of ether oxygens (including phenoxy) is 1. The van der Waals surface area contributed by atoms with Gasteiger partial charge in [0.25, 0.3) is 0 Å². The highest BCUT2D eigenvalue weighted by Gasteiger charge is 2.17. The van der Waals surface area contributed by atoms with Crippen LogP contribution in [-0.4, -0.2) is 21.4 Å². The molecule has 0 fully saturated rings. The van der Waals surface area contributed by atoms with Gasteiger partial charge in [-0.3, -0.25) is 0 Å². The fourth-order valence-electron chi connectivity index (χ4n) is 1.41. The van der Waals surface area contributed by atoms with Crippen LogP contribution in [0.5, 0.6) is 0 Å². The Hall–Kier alpha value is -1.36. The molecule has 0 bridgehead atoms. The number of rotatable bonds is 4. The minimum Gasteiger partial charge on any atom is -0.449 e. The molecule has 0 amide bonds. The predicted molar refractivity (Wildman–Crippen MR) is 72.7 cm³/mol. The number of aromatic nitrogens is 2. The molecule has 0 aliphatic rings. The van der Waals surface area contributed by atoms with E-state index in [1.165, 1.54) is 0 Å². The first-order valence-corrected chi connectivity index (χ1v) is 6.57. The van der Waals surface area contributed by atoms with Gasteiger partial charge in [0, 0.05) is 23.1 Å². The van der Waals surface area contributed by atoms with Crippen molar-refractivity contribution in [1.29, 1.82) is 0 Å². The van der Waals surface area contributed by atoms with Crippen molar-refractivity contribution >= 4 is 17.1 Å². The van der Waals surface area contributed by atoms with Gasteiger partial charge >= 0.3 is 5.30 Å². The number of hydrogen-bond donors (Lipinski definition) is 0. The van der Waals surface area contributed by atoms with E-state index in [1.807, 2.05) is 33.8 Å². The van der Waals surface area contributed by atoms with E-state index >= 15 is 0 Å². The van der Waals surface area contributed by atoms with E-state index in [2.05, 4.69) is 16.5 Å². The monoisotopic (exact) mass is 266 g/mol. The van der Waals surface area contributed by atoms with Crippen LogP contribution in [0, 0.1) is 19.8 Å². The molecule has 1 aromatic rings. The zero-order chi connectivity index (χ0) is 13.7. The number of carbonyl (C=O) groups is 1. The van der Waals surface area contributed by atoms with Gasteiger partial charge in [-0.05, 0) is 25.8 Å². The molecule has 0 radical (unpaired) electrons. The first-order valence-electron chi connectivity index (χ1n) is 5.75. The summed E-state index contributed by atoms with van der Waals surface area (Å²) in [6, 6.07) is 1.86. The third kappa shape index (κ3) is 4.49. The summed E-state index contributed by atoms with van der Waals surface area (Å²) in [5.41, 5.74) is 1.67. The number of carbonyl (C=O) groups excluding carboxylic acids is 1. The number of aryl methyl sites for hydroxylation is 2. The van der Waals surface area contributed by atoms with Crippen LogP contribution in [0.4, 0.5) is 4.79 Å². The Kier molecular flexibility index (Phi) is 5.34. The first kappa shape index (κ1) is 14.7. The Labute approximate surface area is 112 Å². The van der Waals surface area contributed by atoms with E-state index in [0.29, 0.717) is 5.16 Å². The van der Waals surface area contributed by atoms with Crippen LogP contribution in [0.1, 0.15) is 25.2 Å². The second-order valence-electron chi connectivity index (χ2n) is 4.35. The molecular weight excluding hydrogens is 248 g/mol. The molecule has 0 saturated heterocycles. The van der Waals surface area contributed by atoms with Crippen LogP contribution in [0.2, 0.25) is 0 Å². The van der Waals surface area contributed by atoms with Crippen molar-refractivity contribution in [3.63, 3.8) is 0 Å². The topological polar surface area (TPSA) is 52.1 Å². The molecule has 0 aliphatic heterocycles. The molecule has 4 nitrogen and oxygen atoms in total. The average Bonchev–Trinajstić information content (AvgIpc) is 2.23. The van der Waals surface area contributed by atoms with Gasteiger partial charge in [-0.1, -0.05) is 26.5 Å². The van der Waals surface area contributed by atoms with Gasteiger partial charge in [0.1, 0.15) is 6.10 Å².